The van der Waals surface area contributed by atoms with Crippen LogP contribution >= 0.6 is 0 Å². The Hall–Kier alpha value is -2.76. The second kappa shape index (κ2) is 9.80. The summed E-state index contributed by atoms with van der Waals surface area (Å²) in [6.45, 7) is 7.42. The van der Waals surface area contributed by atoms with Gasteiger partial charge in [0, 0.05) is 32.7 Å². The maximum Gasteiger partial charge on any atom is 0.253 e. The normalized spacial score (nSPS) is 12.6. The summed E-state index contributed by atoms with van der Waals surface area (Å²) in [5.41, 5.74) is 1.80. The summed E-state index contributed by atoms with van der Waals surface area (Å²) in [5, 5.41) is 6.62. The Labute approximate surface area is 161 Å². The zero-order valence-electron chi connectivity index (χ0n) is 16.9. The van der Waals surface area contributed by atoms with Crippen LogP contribution in [-0.2, 0) is 6.42 Å². The third kappa shape index (κ3) is 6.16. The number of guanidine groups is 1. The highest BCUT2D eigenvalue weighted by atomic mass is 16.3. The first-order valence-corrected chi connectivity index (χ1v) is 9.32. The highest BCUT2D eigenvalue weighted by Gasteiger charge is 2.11. The van der Waals surface area contributed by atoms with Gasteiger partial charge in [-0.2, -0.15) is 0 Å². The number of carbonyl (C=O) groups is 1. The van der Waals surface area contributed by atoms with Crippen molar-refractivity contribution < 1.29 is 9.21 Å². The number of nitrogens with zero attached hydrogens (tertiary/aromatic N) is 2. The molecule has 1 atom stereocenters. The van der Waals surface area contributed by atoms with Gasteiger partial charge in [-0.05, 0) is 57.0 Å². The standard InChI is InChI=1S/C21H30N4O2/c1-6-22-21(24-16(3)19-11-10-15(2)27-19)23-13-12-17-8-7-9-18(14-17)20(26)25(4)5/h7-11,14,16H,6,12-13H2,1-5H3,(H2,22,23,24). The molecule has 146 valence electrons. The van der Waals surface area contributed by atoms with Crippen molar-refractivity contribution >= 4 is 11.9 Å². The van der Waals surface area contributed by atoms with Crippen LogP contribution in [0.5, 0.6) is 0 Å². The van der Waals surface area contributed by atoms with Gasteiger partial charge in [0.2, 0.25) is 0 Å². The van der Waals surface area contributed by atoms with Gasteiger partial charge in [-0.25, -0.2) is 0 Å². The number of benzene rings is 1. The molecule has 0 radical (unpaired) electrons. The first kappa shape index (κ1) is 20.6. The molecule has 0 fully saturated rings. The Bertz CT molecular complexity index is 780. The van der Waals surface area contributed by atoms with E-state index in [9.17, 15) is 4.79 Å². The van der Waals surface area contributed by atoms with Crippen LogP contribution in [0.25, 0.3) is 0 Å². The SMILES string of the molecule is CCNC(=NCCc1cccc(C(=O)N(C)C)c1)NC(C)c1ccc(C)o1. The third-order valence-electron chi connectivity index (χ3n) is 4.14. The molecular weight excluding hydrogens is 340 g/mol. The predicted molar refractivity (Wildman–Crippen MR) is 109 cm³/mol. The summed E-state index contributed by atoms with van der Waals surface area (Å²) < 4.78 is 5.67. The van der Waals surface area contributed by atoms with Crippen LogP contribution in [0.15, 0.2) is 45.8 Å². The molecule has 6 heteroatoms. The highest BCUT2D eigenvalue weighted by Crippen LogP contribution is 2.15. The van der Waals surface area contributed by atoms with Gasteiger partial charge in [0.05, 0.1) is 6.04 Å². The Balaban J connectivity index is 1.98. The number of aryl methyl sites for hydroxylation is 1. The van der Waals surface area contributed by atoms with Gasteiger partial charge in [-0.1, -0.05) is 12.1 Å². The highest BCUT2D eigenvalue weighted by molar-refractivity contribution is 5.94. The van der Waals surface area contributed by atoms with E-state index in [1.807, 2.05) is 57.2 Å². The molecule has 0 aliphatic carbocycles. The molecule has 0 aliphatic heterocycles. The minimum atomic E-state index is 0.0120. The molecule has 1 aromatic heterocycles. The number of nitrogens with one attached hydrogen (secondary N) is 2. The van der Waals surface area contributed by atoms with E-state index >= 15 is 0 Å². The van der Waals surface area contributed by atoms with Gasteiger partial charge < -0.3 is 20.0 Å². The number of carbonyl (C=O) groups excluding carboxylic acids is 1. The zero-order valence-corrected chi connectivity index (χ0v) is 16.9. The number of hydrogen-bond donors (Lipinski definition) is 2. The summed E-state index contributed by atoms with van der Waals surface area (Å²) in [5.74, 6) is 2.54. The van der Waals surface area contributed by atoms with E-state index in [1.165, 1.54) is 0 Å². The molecule has 0 saturated heterocycles. The first-order valence-electron chi connectivity index (χ1n) is 9.32. The van der Waals surface area contributed by atoms with Crippen molar-refractivity contribution in [3.63, 3.8) is 0 Å². The molecule has 1 unspecified atom stereocenters. The average Bonchev–Trinajstić information content (AvgIpc) is 3.08. The molecule has 2 N–H and O–H groups in total. The molecule has 0 bridgehead atoms. The molecule has 6 nitrogen and oxygen atoms in total. The molecule has 1 amide bonds. The molecule has 0 spiro atoms. The molecule has 0 saturated carbocycles. The Kier molecular flexibility index (Phi) is 7.46. The van der Waals surface area contributed by atoms with Gasteiger partial charge in [-0.3, -0.25) is 9.79 Å². The number of aliphatic imine (C=N–C) groups is 1. The number of hydrogen-bond acceptors (Lipinski definition) is 3. The van der Waals surface area contributed by atoms with Gasteiger partial charge in [0.1, 0.15) is 11.5 Å². The second-order valence-electron chi connectivity index (χ2n) is 6.73. The van der Waals surface area contributed by atoms with E-state index in [-0.39, 0.29) is 11.9 Å². The molecule has 1 heterocycles. The second-order valence-corrected chi connectivity index (χ2v) is 6.73. The topological polar surface area (TPSA) is 69.9 Å². The third-order valence-corrected chi connectivity index (χ3v) is 4.14. The first-order chi connectivity index (χ1) is 12.9. The van der Waals surface area contributed by atoms with Crippen molar-refractivity contribution in [2.24, 2.45) is 4.99 Å². The Morgan fingerprint density at radius 1 is 1.26 bits per heavy atom. The minimum absolute atomic E-state index is 0.0120. The predicted octanol–water partition coefficient (Wildman–Crippen LogP) is 3.15. The minimum Gasteiger partial charge on any atom is -0.464 e. The van der Waals surface area contributed by atoms with Crippen LogP contribution < -0.4 is 10.6 Å². The van der Waals surface area contributed by atoms with Crippen LogP contribution in [0, 0.1) is 6.92 Å². The largest absolute Gasteiger partial charge is 0.464 e. The summed E-state index contributed by atoms with van der Waals surface area (Å²) in [6, 6.07) is 11.7. The number of furan rings is 1. The number of rotatable bonds is 7. The summed E-state index contributed by atoms with van der Waals surface area (Å²) in [6.07, 6.45) is 0.763. The van der Waals surface area contributed by atoms with Gasteiger partial charge in [0.15, 0.2) is 5.96 Å². The summed E-state index contributed by atoms with van der Waals surface area (Å²) >= 11 is 0. The van der Waals surface area contributed by atoms with E-state index in [4.69, 9.17) is 4.42 Å². The molecule has 27 heavy (non-hydrogen) atoms. The fourth-order valence-corrected chi connectivity index (χ4v) is 2.70. The maximum absolute atomic E-state index is 12.1. The van der Waals surface area contributed by atoms with Crippen molar-refractivity contribution in [2.45, 2.75) is 33.2 Å². The van der Waals surface area contributed by atoms with E-state index in [1.54, 1.807) is 19.0 Å². The molecular formula is C21H30N4O2. The van der Waals surface area contributed by atoms with Crippen molar-refractivity contribution in [3.8, 4) is 0 Å². The van der Waals surface area contributed by atoms with Crippen molar-refractivity contribution in [2.75, 3.05) is 27.2 Å². The van der Waals surface area contributed by atoms with Gasteiger partial charge >= 0.3 is 0 Å². The molecule has 2 rings (SSSR count). The summed E-state index contributed by atoms with van der Waals surface area (Å²) in [7, 11) is 3.52. The van der Waals surface area contributed by atoms with Crippen molar-refractivity contribution in [1.82, 2.24) is 15.5 Å². The van der Waals surface area contributed by atoms with Crippen LogP contribution in [-0.4, -0.2) is 44.0 Å². The Morgan fingerprint density at radius 3 is 2.67 bits per heavy atom. The summed E-state index contributed by atoms with van der Waals surface area (Å²) in [4.78, 5) is 18.3. The van der Waals surface area contributed by atoms with Crippen molar-refractivity contribution in [3.05, 3.63) is 59.0 Å². The van der Waals surface area contributed by atoms with E-state index in [2.05, 4.69) is 15.6 Å². The zero-order chi connectivity index (χ0) is 19.8. The molecule has 1 aromatic carbocycles. The monoisotopic (exact) mass is 370 g/mol. The smallest absolute Gasteiger partial charge is 0.253 e. The van der Waals surface area contributed by atoms with Gasteiger partial charge in [-0.15, -0.1) is 0 Å². The lowest BCUT2D eigenvalue weighted by Crippen LogP contribution is -2.38. The van der Waals surface area contributed by atoms with Crippen LogP contribution in [0.4, 0.5) is 0 Å². The molecule has 0 aliphatic rings. The number of amides is 1. The fourth-order valence-electron chi connectivity index (χ4n) is 2.70. The van der Waals surface area contributed by atoms with Crippen molar-refractivity contribution in [1.29, 1.82) is 0 Å². The van der Waals surface area contributed by atoms with Crippen LogP contribution in [0.3, 0.4) is 0 Å². The average molecular weight is 370 g/mol. The van der Waals surface area contributed by atoms with E-state index in [0.29, 0.717) is 12.1 Å². The van der Waals surface area contributed by atoms with E-state index in [0.717, 1.165) is 36.0 Å². The van der Waals surface area contributed by atoms with Crippen LogP contribution in [0.2, 0.25) is 0 Å². The lowest BCUT2D eigenvalue weighted by Gasteiger charge is -2.16. The van der Waals surface area contributed by atoms with Crippen LogP contribution in [0.1, 0.15) is 47.3 Å². The quantitative estimate of drug-likeness (QED) is 0.580. The lowest BCUT2D eigenvalue weighted by atomic mass is 10.1. The lowest BCUT2D eigenvalue weighted by molar-refractivity contribution is 0.0827. The molecule has 2 aromatic rings. The van der Waals surface area contributed by atoms with Gasteiger partial charge in [0.25, 0.3) is 5.91 Å². The van der Waals surface area contributed by atoms with E-state index < -0.39 is 0 Å². The Morgan fingerprint density at radius 2 is 2.04 bits per heavy atom. The fraction of sp³-hybridized carbons (Fsp3) is 0.429. The maximum atomic E-state index is 12.1.